The largest absolute Gasteiger partial charge is 0.467 e. The van der Waals surface area contributed by atoms with Gasteiger partial charge >= 0.3 is 5.97 Å². The first-order valence-electron chi connectivity index (χ1n) is 5.55. The van der Waals surface area contributed by atoms with E-state index in [2.05, 4.69) is 10.1 Å². The zero-order chi connectivity index (χ0) is 12.4. The molecule has 94 valence electrons. The molecule has 0 spiro atoms. The van der Waals surface area contributed by atoms with Gasteiger partial charge in [-0.3, -0.25) is 4.79 Å². The molecule has 0 fully saturated rings. The number of ether oxygens (including phenoxy) is 2. The number of carbonyl (C=O) groups excluding carboxylic acids is 2. The van der Waals surface area contributed by atoms with Gasteiger partial charge in [-0.15, -0.1) is 0 Å². The third-order valence-electron chi connectivity index (χ3n) is 2.10. The first-order chi connectivity index (χ1) is 7.61. The summed E-state index contributed by atoms with van der Waals surface area (Å²) < 4.78 is 9.89. The molecule has 0 radical (unpaired) electrons. The van der Waals surface area contributed by atoms with Crippen molar-refractivity contribution in [1.82, 2.24) is 5.32 Å². The zero-order valence-electron chi connectivity index (χ0n) is 10.2. The van der Waals surface area contributed by atoms with Crippen LogP contribution in [-0.2, 0) is 19.1 Å². The van der Waals surface area contributed by atoms with Gasteiger partial charge in [0, 0.05) is 20.1 Å². The Kier molecular flexibility index (Phi) is 8.52. The third kappa shape index (κ3) is 7.23. The van der Waals surface area contributed by atoms with Crippen molar-refractivity contribution in [3.8, 4) is 0 Å². The van der Waals surface area contributed by atoms with E-state index in [-0.39, 0.29) is 11.9 Å². The highest BCUT2D eigenvalue weighted by molar-refractivity contribution is 5.74. The van der Waals surface area contributed by atoms with Gasteiger partial charge in [-0.25, -0.2) is 4.79 Å². The highest BCUT2D eigenvalue weighted by Gasteiger charge is 2.18. The summed E-state index contributed by atoms with van der Waals surface area (Å²) in [6.07, 6.45) is 1.80. The molecule has 1 atom stereocenters. The minimum Gasteiger partial charge on any atom is -0.467 e. The third-order valence-corrected chi connectivity index (χ3v) is 2.10. The maximum atomic E-state index is 11.3. The van der Waals surface area contributed by atoms with Crippen LogP contribution in [0.15, 0.2) is 0 Å². The van der Waals surface area contributed by atoms with Gasteiger partial charge in [-0.1, -0.05) is 0 Å². The molecule has 0 bridgehead atoms. The topological polar surface area (TPSA) is 64.6 Å². The predicted molar refractivity (Wildman–Crippen MR) is 60.0 cm³/mol. The average Bonchev–Trinajstić information content (AvgIpc) is 2.25. The second-order valence-corrected chi connectivity index (χ2v) is 3.45. The molecule has 5 heteroatoms. The van der Waals surface area contributed by atoms with Crippen molar-refractivity contribution in [1.29, 1.82) is 0 Å². The lowest BCUT2D eigenvalue weighted by atomic mass is 10.1. The summed E-state index contributed by atoms with van der Waals surface area (Å²) in [7, 11) is 1.35. The van der Waals surface area contributed by atoms with Gasteiger partial charge < -0.3 is 14.8 Å². The van der Waals surface area contributed by atoms with E-state index in [1.165, 1.54) is 14.0 Å². The molecule has 0 aromatic heterocycles. The molecular weight excluding hydrogens is 210 g/mol. The fraction of sp³-hybridized carbons (Fsp3) is 0.818. The first-order valence-corrected chi connectivity index (χ1v) is 5.55. The second kappa shape index (κ2) is 9.15. The summed E-state index contributed by atoms with van der Waals surface area (Å²) >= 11 is 0. The molecule has 1 amide bonds. The Balaban J connectivity index is 3.67. The molecule has 0 saturated carbocycles. The maximum Gasteiger partial charge on any atom is 0.334 e. The lowest BCUT2D eigenvalue weighted by molar-refractivity contribution is -0.154. The summed E-state index contributed by atoms with van der Waals surface area (Å²) in [5.41, 5.74) is 0. The molecule has 0 aromatic rings. The maximum absolute atomic E-state index is 11.3. The summed E-state index contributed by atoms with van der Waals surface area (Å²) in [4.78, 5) is 21.8. The van der Waals surface area contributed by atoms with E-state index in [0.717, 1.165) is 12.8 Å². The van der Waals surface area contributed by atoms with Crippen LogP contribution in [0, 0.1) is 0 Å². The number of hydrogen-bond donors (Lipinski definition) is 1. The van der Waals surface area contributed by atoms with Crippen LogP contribution in [0.2, 0.25) is 0 Å². The molecular formula is C11H21NO4. The van der Waals surface area contributed by atoms with Crippen LogP contribution < -0.4 is 5.32 Å². The number of amides is 1. The first kappa shape index (κ1) is 14.9. The van der Waals surface area contributed by atoms with E-state index >= 15 is 0 Å². The van der Waals surface area contributed by atoms with Crippen LogP contribution in [-0.4, -0.2) is 38.2 Å². The van der Waals surface area contributed by atoms with Crippen LogP contribution in [0.3, 0.4) is 0 Å². The number of rotatable bonds is 8. The molecule has 0 aliphatic carbocycles. The average molecular weight is 231 g/mol. The highest BCUT2D eigenvalue weighted by Crippen LogP contribution is 2.06. The molecule has 0 aliphatic rings. The number of unbranched alkanes of at least 4 members (excludes halogenated alkanes) is 1. The van der Waals surface area contributed by atoms with Crippen molar-refractivity contribution in [3.05, 3.63) is 0 Å². The van der Waals surface area contributed by atoms with E-state index in [1.807, 2.05) is 6.92 Å². The Hall–Kier alpha value is -1.10. The molecule has 0 heterocycles. The number of nitrogens with one attached hydrogen (secondary N) is 1. The van der Waals surface area contributed by atoms with Crippen LogP contribution in [0.25, 0.3) is 0 Å². The predicted octanol–water partition coefficient (Wildman–Crippen LogP) is 0.871. The Morgan fingerprint density at radius 2 is 2.00 bits per heavy atom. The molecule has 0 aromatic carbocycles. The molecule has 0 saturated heterocycles. The van der Waals surface area contributed by atoms with Gasteiger partial charge in [0.25, 0.3) is 0 Å². The van der Waals surface area contributed by atoms with E-state index in [9.17, 15) is 9.59 Å². The Labute approximate surface area is 96.5 Å². The summed E-state index contributed by atoms with van der Waals surface area (Å²) in [5, 5.41) is 2.70. The molecule has 0 rings (SSSR count). The van der Waals surface area contributed by atoms with Crippen LogP contribution in [0.4, 0.5) is 0 Å². The van der Waals surface area contributed by atoms with Gasteiger partial charge in [0.05, 0.1) is 7.11 Å². The van der Waals surface area contributed by atoms with Crippen LogP contribution in [0.1, 0.15) is 33.1 Å². The van der Waals surface area contributed by atoms with Crippen molar-refractivity contribution < 1.29 is 19.1 Å². The van der Waals surface area contributed by atoms with Crippen LogP contribution >= 0.6 is 0 Å². The zero-order valence-corrected chi connectivity index (χ0v) is 10.2. The molecule has 1 N–H and O–H groups in total. The number of carbonyl (C=O) groups is 2. The standard InChI is InChI=1S/C11H21NO4/c1-4-16-10(11(14)15-3)7-5-6-8-12-9(2)13/h10H,4-8H2,1-3H3,(H,12,13). The number of methoxy groups -OCH3 is 1. The van der Waals surface area contributed by atoms with Gasteiger partial charge in [-0.2, -0.15) is 0 Å². The van der Waals surface area contributed by atoms with E-state index in [1.54, 1.807) is 0 Å². The van der Waals surface area contributed by atoms with Crippen molar-refractivity contribution >= 4 is 11.9 Å². The van der Waals surface area contributed by atoms with E-state index < -0.39 is 6.10 Å². The fourth-order valence-electron chi connectivity index (χ4n) is 1.32. The minimum absolute atomic E-state index is 0.0330. The molecule has 16 heavy (non-hydrogen) atoms. The quantitative estimate of drug-likeness (QED) is 0.497. The Morgan fingerprint density at radius 1 is 1.31 bits per heavy atom. The van der Waals surface area contributed by atoms with Crippen molar-refractivity contribution in [2.45, 2.75) is 39.2 Å². The summed E-state index contributed by atoms with van der Waals surface area (Å²) in [6, 6.07) is 0. The minimum atomic E-state index is -0.479. The van der Waals surface area contributed by atoms with Gasteiger partial charge in [0.2, 0.25) is 5.91 Å². The normalized spacial score (nSPS) is 11.9. The molecule has 5 nitrogen and oxygen atoms in total. The summed E-state index contributed by atoms with van der Waals surface area (Å²) in [5.74, 6) is -0.365. The Morgan fingerprint density at radius 3 is 2.50 bits per heavy atom. The second-order valence-electron chi connectivity index (χ2n) is 3.45. The lowest BCUT2D eigenvalue weighted by Crippen LogP contribution is -2.26. The van der Waals surface area contributed by atoms with Crippen molar-refractivity contribution in [2.75, 3.05) is 20.3 Å². The highest BCUT2D eigenvalue weighted by atomic mass is 16.6. The van der Waals surface area contributed by atoms with Crippen LogP contribution in [0.5, 0.6) is 0 Å². The van der Waals surface area contributed by atoms with Crippen molar-refractivity contribution in [2.24, 2.45) is 0 Å². The van der Waals surface area contributed by atoms with Crippen molar-refractivity contribution in [3.63, 3.8) is 0 Å². The fourth-order valence-corrected chi connectivity index (χ4v) is 1.32. The van der Waals surface area contributed by atoms with E-state index in [0.29, 0.717) is 19.6 Å². The van der Waals surface area contributed by atoms with Gasteiger partial charge in [0.15, 0.2) is 6.10 Å². The van der Waals surface area contributed by atoms with E-state index in [4.69, 9.17) is 4.74 Å². The SMILES string of the molecule is CCOC(CCCCNC(C)=O)C(=O)OC. The number of esters is 1. The number of hydrogen-bond acceptors (Lipinski definition) is 4. The Bertz CT molecular complexity index is 218. The molecule has 1 unspecified atom stereocenters. The summed E-state index contributed by atoms with van der Waals surface area (Å²) in [6.45, 7) is 4.45. The lowest BCUT2D eigenvalue weighted by Gasteiger charge is -2.14. The van der Waals surface area contributed by atoms with Gasteiger partial charge in [-0.05, 0) is 26.2 Å². The monoisotopic (exact) mass is 231 g/mol. The van der Waals surface area contributed by atoms with Gasteiger partial charge in [0.1, 0.15) is 0 Å². The smallest absolute Gasteiger partial charge is 0.334 e. The molecule has 0 aliphatic heterocycles.